The summed E-state index contributed by atoms with van der Waals surface area (Å²) in [6, 6.07) is 5.59. The van der Waals surface area contributed by atoms with Crippen molar-refractivity contribution in [1.82, 2.24) is 4.98 Å². The molecule has 0 aliphatic carbocycles. The normalized spacial score (nSPS) is 20.6. The molecule has 86 valence electrons. The van der Waals surface area contributed by atoms with Crippen molar-refractivity contribution in [2.24, 2.45) is 0 Å². The van der Waals surface area contributed by atoms with E-state index < -0.39 is 0 Å². The molecule has 0 amide bonds. The first kappa shape index (κ1) is 11.6. The first-order chi connectivity index (χ1) is 7.84. The fourth-order valence-corrected chi connectivity index (χ4v) is 2.48. The Morgan fingerprint density at radius 3 is 3.12 bits per heavy atom. The van der Waals surface area contributed by atoms with Crippen LogP contribution in [-0.4, -0.2) is 22.8 Å². The van der Waals surface area contributed by atoms with Crippen molar-refractivity contribution in [2.45, 2.75) is 36.8 Å². The highest BCUT2D eigenvalue weighted by Crippen LogP contribution is 2.22. The lowest BCUT2D eigenvalue weighted by molar-refractivity contribution is -0.114. The molecule has 0 N–H and O–H groups in total. The SMILES string of the molecule is O=C(CC1CCCCO1)Sc1ccccn1. The van der Waals surface area contributed by atoms with Crippen LogP contribution in [0.1, 0.15) is 25.7 Å². The smallest absolute Gasteiger partial charge is 0.197 e. The van der Waals surface area contributed by atoms with Gasteiger partial charge in [0.15, 0.2) is 5.12 Å². The standard InChI is InChI=1S/C12H15NO2S/c14-12(9-10-5-2-4-8-15-10)16-11-6-1-3-7-13-11/h1,3,6-7,10H,2,4-5,8-9H2. The Labute approximate surface area is 99.6 Å². The van der Waals surface area contributed by atoms with Crippen LogP contribution >= 0.6 is 11.8 Å². The minimum atomic E-state index is 0.123. The van der Waals surface area contributed by atoms with Gasteiger partial charge in [-0.05, 0) is 43.2 Å². The van der Waals surface area contributed by atoms with Crippen molar-refractivity contribution in [3.05, 3.63) is 24.4 Å². The van der Waals surface area contributed by atoms with Gasteiger partial charge in [-0.3, -0.25) is 4.79 Å². The van der Waals surface area contributed by atoms with Gasteiger partial charge in [0.1, 0.15) is 5.03 Å². The number of carbonyl (C=O) groups excluding carboxylic acids is 1. The summed E-state index contributed by atoms with van der Waals surface area (Å²) in [4.78, 5) is 15.8. The Morgan fingerprint density at radius 2 is 2.44 bits per heavy atom. The molecule has 2 heterocycles. The second-order valence-corrected chi connectivity index (χ2v) is 4.91. The van der Waals surface area contributed by atoms with Crippen molar-refractivity contribution < 1.29 is 9.53 Å². The molecule has 2 rings (SSSR count). The van der Waals surface area contributed by atoms with Crippen LogP contribution in [0.4, 0.5) is 0 Å². The van der Waals surface area contributed by atoms with Crippen LogP contribution < -0.4 is 0 Å². The van der Waals surface area contributed by atoms with E-state index in [2.05, 4.69) is 4.98 Å². The molecule has 0 saturated carbocycles. The molecular weight excluding hydrogens is 222 g/mol. The molecule has 0 spiro atoms. The van der Waals surface area contributed by atoms with Gasteiger partial charge in [0.05, 0.1) is 6.10 Å². The fourth-order valence-electron chi connectivity index (χ4n) is 1.72. The molecule has 0 radical (unpaired) electrons. The zero-order valence-corrected chi connectivity index (χ0v) is 9.91. The number of nitrogens with zero attached hydrogens (tertiary/aromatic N) is 1. The quantitative estimate of drug-likeness (QED) is 0.758. The Morgan fingerprint density at radius 1 is 1.50 bits per heavy atom. The molecule has 1 aromatic heterocycles. The summed E-state index contributed by atoms with van der Waals surface area (Å²) in [6.45, 7) is 0.798. The zero-order chi connectivity index (χ0) is 11.2. The van der Waals surface area contributed by atoms with E-state index in [0.29, 0.717) is 6.42 Å². The van der Waals surface area contributed by atoms with E-state index in [0.717, 1.165) is 24.5 Å². The topological polar surface area (TPSA) is 39.2 Å². The fraction of sp³-hybridized carbons (Fsp3) is 0.500. The van der Waals surface area contributed by atoms with E-state index in [4.69, 9.17) is 4.74 Å². The Bertz CT molecular complexity index is 336. The number of carbonyl (C=O) groups is 1. The van der Waals surface area contributed by atoms with Gasteiger partial charge in [-0.25, -0.2) is 4.98 Å². The lowest BCUT2D eigenvalue weighted by atomic mass is 10.1. The van der Waals surface area contributed by atoms with Crippen LogP contribution in [-0.2, 0) is 9.53 Å². The number of pyridine rings is 1. The summed E-state index contributed by atoms with van der Waals surface area (Å²) >= 11 is 1.21. The Hall–Kier alpha value is -0.870. The number of rotatable bonds is 3. The molecule has 0 aromatic carbocycles. The number of hydrogen-bond donors (Lipinski definition) is 0. The van der Waals surface area contributed by atoms with Crippen molar-refractivity contribution in [1.29, 1.82) is 0 Å². The zero-order valence-electron chi connectivity index (χ0n) is 9.09. The van der Waals surface area contributed by atoms with Crippen molar-refractivity contribution in [3.63, 3.8) is 0 Å². The molecule has 0 bridgehead atoms. The summed E-state index contributed by atoms with van der Waals surface area (Å²) in [6.07, 6.45) is 5.63. The van der Waals surface area contributed by atoms with Gasteiger partial charge in [-0.2, -0.15) is 0 Å². The molecule has 1 aliphatic heterocycles. The molecule has 4 heteroatoms. The molecule has 1 unspecified atom stereocenters. The third-order valence-electron chi connectivity index (χ3n) is 2.52. The van der Waals surface area contributed by atoms with E-state index in [-0.39, 0.29) is 11.2 Å². The Balaban J connectivity index is 1.80. The number of thioether (sulfide) groups is 1. The molecule has 1 saturated heterocycles. The van der Waals surface area contributed by atoms with Crippen LogP contribution in [0.5, 0.6) is 0 Å². The minimum absolute atomic E-state index is 0.123. The maximum atomic E-state index is 11.7. The number of aromatic nitrogens is 1. The van der Waals surface area contributed by atoms with Gasteiger partial charge in [-0.1, -0.05) is 6.07 Å². The number of hydrogen-bond acceptors (Lipinski definition) is 4. The third-order valence-corrected chi connectivity index (χ3v) is 3.37. The van der Waals surface area contributed by atoms with E-state index >= 15 is 0 Å². The summed E-state index contributed by atoms with van der Waals surface area (Å²) in [5.74, 6) is 0. The van der Waals surface area contributed by atoms with E-state index in [9.17, 15) is 4.79 Å². The van der Waals surface area contributed by atoms with Gasteiger partial charge in [0.2, 0.25) is 0 Å². The summed E-state index contributed by atoms with van der Waals surface area (Å²) < 4.78 is 5.53. The maximum Gasteiger partial charge on any atom is 0.197 e. The molecule has 16 heavy (non-hydrogen) atoms. The molecular formula is C12H15NO2S. The Kier molecular flexibility index (Phi) is 4.36. The van der Waals surface area contributed by atoms with Gasteiger partial charge < -0.3 is 4.74 Å². The summed E-state index contributed by atoms with van der Waals surface area (Å²) in [7, 11) is 0. The molecule has 1 aliphatic rings. The molecule has 1 atom stereocenters. The first-order valence-corrected chi connectivity index (χ1v) is 6.39. The highest BCUT2D eigenvalue weighted by molar-refractivity contribution is 8.13. The lowest BCUT2D eigenvalue weighted by Crippen LogP contribution is -2.21. The van der Waals surface area contributed by atoms with Crippen LogP contribution in [0.25, 0.3) is 0 Å². The predicted octanol–water partition coefficient (Wildman–Crippen LogP) is 2.66. The highest BCUT2D eigenvalue weighted by Gasteiger charge is 2.18. The van der Waals surface area contributed by atoms with Crippen LogP contribution in [0, 0.1) is 0 Å². The van der Waals surface area contributed by atoms with Gasteiger partial charge in [0, 0.05) is 19.2 Å². The van der Waals surface area contributed by atoms with Gasteiger partial charge in [0.25, 0.3) is 0 Å². The summed E-state index contributed by atoms with van der Waals surface area (Å²) in [5.41, 5.74) is 0. The van der Waals surface area contributed by atoms with Gasteiger partial charge in [-0.15, -0.1) is 0 Å². The predicted molar refractivity (Wildman–Crippen MR) is 63.3 cm³/mol. The van der Waals surface area contributed by atoms with Crippen LogP contribution in [0.2, 0.25) is 0 Å². The largest absolute Gasteiger partial charge is 0.378 e. The highest BCUT2D eigenvalue weighted by atomic mass is 32.2. The third kappa shape index (κ3) is 3.61. The van der Waals surface area contributed by atoms with E-state index in [1.165, 1.54) is 18.2 Å². The number of ether oxygens (including phenoxy) is 1. The molecule has 1 fully saturated rings. The summed E-state index contributed by atoms with van der Waals surface area (Å²) in [5, 5.41) is 0.911. The van der Waals surface area contributed by atoms with Crippen LogP contribution in [0.3, 0.4) is 0 Å². The average molecular weight is 237 g/mol. The second kappa shape index (κ2) is 6.01. The van der Waals surface area contributed by atoms with Crippen molar-refractivity contribution in [2.75, 3.05) is 6.61 Å². The van der Waals surface area contributed by atoms with E-state index in [1.807, 2.05) is 18.2 Å². The molecule has 1 aromatic rings. The van der Waals surface area contributed by atoms with Crippen molar-refractivity contribution in [3.8, 4) is 0 Å². The average Bonchev–Trinajstić information content (AvgIpc) is 2.31. The van der Waals surface area contributed by atoms with Crippen LogP contribution in [0.15, 0.2) is 29.4 Å². The van der Waals surface area contributed by atoms with E-state index in [1.54, 1.807) is 6.20 Å². The monoisotopic (exact) mass is 237 g/mol. The van der Waals surface area contributed by atoms with Crippen molar-refractivity contribution >= 4 is 16.9 Å². The van der Waals surface area contributed by atoms with Gasteiger partial charge >= 0.3 is 0 Å². The first-order valence-electron chi connectivity index (χ1n) is 5.58. The minimum Gasteiger partial charge on any atom is -0.378 e. The molecule has 3 nitrogen and oxygen atoms in total. The second-order valence-electron chi connectivity index (χ2n) is 3.83. The lowest BCUT2D eigenvalue weighted by Gasteiger charge is -2.21. The maximum absolute atomic E-state index is 11.7.